The quantitative estimate of drug-likeness (QED) is 0.667. The summed E-state index contributed by atoms with van der Waals surface area (Å²) < 4.78 is 2.13. The molecule has 72 valence electrons. The number of rotatable bonds is 0. The highest BCUT2D eigenvalue weighted by molar-refractivity contribution is 9.10. The first-order chi connectivity index (χ1) is 6.59. The van der Waals surface area contributed by atoms with E-state index < -0.39 is 0 Å². The van der Waals surface area contributed by atoms with Gasteiger partial charge in [0.2, 0.25) is 0 Å². The van der Waals surface area contributed by atoms with Crippen molar-refractivity contribution in [3.8, 4) is 0 Å². The number of aromatic nitrogens is 3. The second-order valence-corrected chi connectivity index (χ2v) is 3.84. The van der Waals surface area contributed by atoms with Crippen LogP contribution in [0.5, 0.6) is 0 Å². The Bertz CT molecular complexity index is 562. The van der Waals surface area contributed by atoms with Gasteiger partial charge in [-0.15, -0.1) is 0 Å². The largest absolute Gasteiger partial charge is 0.298 e. The molecule has 2 rings (SSSR count). The molecule has 2 aromatic rings. The zero-order valence-corrected chi connectivity index (χ0v) is 9.37. The predicted octanol–water partition coefficient (Wildman–Crippen LogP) is 1.40. The highest BCUT2D eigenvalue weighted by Gasteiger charge is 2.06. The van der Waals surface area contributed by atoms with E-state index in [0.29, 0.717) is 21.5 Å². The Morgan fingerprint density at radius 3 is 2.79 bits per heavy atom. The van der Waals surface area contributed by atoms with Gasteiger partial charge in [-0.25, -0.2) is 9.97 Å². The molecule has 5 heteroatoms. The summed E-state index contributed by atoms with van der Waals surface area (Å²) in [6, 6.07) is 3.55. The third-order valence-electron chi connectivity index (χ3n) is 2.11. The van der Waals surface area contributed by atoms with Gasteiger partial charge < -0.3 is 0 Å². The molecule has 0 unspecified atom stereocenters. The first-order valence-corrected chi connectivity index (χ1v) is 4.89. The maximum Gasteiger partial charge on any atom is 0.279 e. The zero-order chi connectivity index (χ0) is 10.3. The van der Waals surface area contributed by atoms with Crippen molar-refractivity contribution in [1.29, 1.82) is 0 Å². The molecule has 0 fully saturated rings. The predicted molar refractivity (Wildman–Crippen MR) is 57.2 cm³/mol. The van der Waals surface area contributed by atoms with Gasteiger partial charge in [0.1, 0.15) is 10.4 Å². The van der Waals surface area contributed by atoms with Crippen molar-refractivity contribution in [3.63, 3.8) is 0 Å². The summed E-state index contributed by atoms with van der Waals surface area (Å²) in [7, 11) is 1.69. The standard InChI is InChI=1S/C9H8BrN3O/c1-5-11-6-3-4-7(10)12-8(6)9(14)13(5)2/h3-4H,1-2H3. The van der Waals surface area contributed by atoms with Crippen molar-refractivity contribution in [2.75, 3.05) is 0 Å². The van der Waals surface area contributed by atoms with Crippen LogP contribution in [0, 0.1) is 6.92 Å². The fourth-order valence-corrected chi connectivity index (χ4v) is 1.54. The molecule has 0 saturated carbocycles. The molecule has 0 atom stereocenters. The number of fused-ring (bicyclic) bond motifs is 1. The third kappa shape index (κ3) is 1.33. The maximum atomic E-state index is 11.7. The number of hydrogen-bond donors (Lipinski definition) is 0. The van der Waals surface area contributed by atoms with Crippen molar-refractivity contribution in [1.82, 2.24) is 14.5 Å². The minimum absolute atomic E-state index is 0.117. The van der Waals surface area contributed by atoms with E-state index >= 15 is 0 Å². The molecule has 0 saturated heterocycles. The van der Waals surface area contributed by atoms with E-state index in [4.69, 9.17) is 0 Å². The van der Waals surface area contributed by atoms with Crippen LogP contribution in [0.15, 0.2) is 21.5 Å². The Morgan fingerprint density at radius 2 is 2.07 bits per heavy atom. The van der Waals surface area contributed by atoms with Gasteiger partial charge in [-0.1, -0.05) is 0 Å². The average Bonchev–Trinajstić information content (AvgIpc) is 2.16. The van der Waals surface area contributed by atoms with Crippen LogP contribution in [0.1, 0.15) is 5.82 Å². The Morgan fingerprint density at radius 1 is 1.36 bits per heavy atom. The molecule has 2 aromatic heterocycles. The molecule has 0 spiro atoms. The number of hydrogen-bond acceptors (Lipinski definition) is 3. The molecular formula is C9H8BrN3O. The lowest BCUT2D eigenvalue weighted by Crippen LogP contribution is -2.21. The average molecular weight is 254 g/mol. The van der Waals surface area contributed by atoms with Gasteiger partial charge in [0.25, 0.3) is 5.56 Å². The van der Waals surface area contributed by atoms with Crippen LogP contribution in [-0.2, 0) is 7.05 Å². The minimum Gasteiger partial charge on any atom is -0.298 e. The van der Waals surface area contributed by atoms with Crippen LogP contribution in [0.4, 0.5) is 0 Å². The van der Waals surface area contributed by atoms with Gasteiger partial charge in [-0.3, -0.25) is 9.36 Å². The minimum atomic E-state index is -0.117. The fraction of sp³-hybridized carbons (Fsp3) is 0.222. The van der Waals surface area contributed by atoms with Crippen molar-refractivity contribution < 1.29 is 0 Å². The molecule has 0 radical (unpaired) electrons. The smallest absolute Gasteiger partial charge is 0.279 e. The van der Waals surface area contributed by atoms with Crippen molar-refractivity contribution >= 4 is 27.0 Å². The Kier molecular flexibility index (Phi) is 2.11. The first kappa shape index (κ1) is 9.33. The summed E-state index contributed by atoms with van der Waals surface area (Å²) in [5, 5.41) is 0. The van der Waals surface area contributed by atoms with Gasteiger partial charge in [0.15, 0.2) is 5.52 Å². The number of aryl methyl sites for hydroxylation is 1. The summed E-state index contributed by atoms with van der Waals surface area (Å²) in [4.78, 5) is 20.1. The molecule has 0 bridgehead atoms. The molecule has 2 heterocycles. The number of nitrogens with zero attached hydrogens (tertiary/aromatic N) is 3. The van der Waals surface area contributed by atoms with Crippen LogP contribution >= 0.6 is 15.9 Å². The van der Waals surface area contributed by atoms with Gasteiger partial charge in [-0.2, -0.15) is 0 Å². The molecule has 0 N–H and O–H groups in total. The van der Waals surface area contributed by atoms with Crippen molar-refractivity contribution in [3.05, 3.63) is 32.9 Å². The van der Waals surface area contributed by atoms with Crippen LogP contribution in [0.2, 0.25) is 0 Å². The lowest BCUT2D eigenvalue weighted by molar-refractivity contribution is 0.788. The molecular weight excluding hydrogens is 246 g/mol. The van der Waals surface area contributed by atoms with E-state index in [1.807, 2.05) is 0 Å². The Labute approximate surface area is 88.7 Å². The van der Waals surface area contributed by atoms with Crippen LogP contribution in [0.3, 0.4) is 0 Å². The molecule has 4 nitrogen and oxygen atoms in total. The third-order valence-corrected chi connectivity index (χ3v) is 2.56. The van der Waals surface area contributed by atoms with Crippen LogP contribution in [0.25, 0.3) is 11.0 Å². The maximum absolute atomic E-state index is 11.7. The molecule has 0 aliphatic carbocycles. The summed E-state index contributed by atoms with van der Waals surface area (Å²) >= 11 is 3.22. The van der Waals surface area contributed by atoms with E-state index in [-0.39, 0.29) is 5.56 Å². The molecule has 0 amide bonds. The summed E-state index contributed by atoms with van der Waals surface area (Å²) in [6.07, 6.45) is 0. The summed E-state index contributed by atoms with van der Waals surface area (Å²) in [5.41, 5.74) is 0.912. The van der Waals surface area contributed by atoms with Crippen LogP contribution in [-0.4, -0.2) is 14.5 Å². The first-order valence-electron chi connectivity index (χ1n) is 4.09. The van der Waals surface area contributed by atoms with Gasteiger partial charge >= 0.3 is 0 Å². The second-order valence-electron chi connectivity index (χ2n) is 3.02. The highest BCUT2D eigenvalue weighted by atomic mass is 79.9. The van der Waals surface area contributed by atoms with E-state index in [1.54, 1.807) is 26.1 Å². The number of halogens is 1. The lowest BCUT2D eigenvalue weighted by Gasteiger charge is -2.03. The van der Waals surface area contributed by atoms with E-state index in [2.05, 4.69) is 25.9 Å². The van der Waals surface area contributed by atoms with Crippen LogP contribution < -0.4 is 5.56 Å². The number of pyridine rings is 1. The molecule has 0 aromatic carbocycles. The highest BCUT2D eigenvalue weighted by Crippen LogP contribution is 2.10. The fourth-order valence-electron chi connectivity index (χ4n) is 1.23. The summed E-state index contributed by atoms with van der Waals surface area (Å²) in [5.74, 6) is 0.687. The Hall–Kier alpha value is -1.23. The normalized spacial score (nSPS) is 10.8. The molecule has 0 aliphatic heterocycles. The van der Waals surface area contributed by atoms with Gasteiger partial charge in [0.05, 0.1) is 5.52 Å². The SMILES string of the molecule is Cc1nc2ccc(Br)nc2c(=O)n1C. The molecule has 0 aliphatic rings. The van der Waals surface area contributed by atoms with Crippen molar-refractivity contribution in [2.45, 2.75) is 6.92 Å². The summed E-state index contributed by atoms with van der Waals surface area (Å²) in [6.45, 7) is 1.79. The van der Waals surface area contributed by atoms with Crippen molar-refractivity contribution in [2.24, 2.45) is 7.05 Å². The van der Waals surface area contributed by atoms with E-state index in [1.165, 1.54) is 4.57 Å². The van der Waals surface area contributed by atoms with E-state index in [0.717, 1.165) is 0 Å². The van der Waals surface area contributed by atoms with Gasteiger partial charge in [0, 0.05) is 7.05 Å². The monoisotopic (exact) mass is 253 g/mol. The Balaban J connectivity index is 2.99. The lowest BCUT2D eigenvalue weighted by atomic mass is 10.3. The van der Waals surface area contributed by atoms with Gasteiger partial charge in [-0.05, 0) is 35.0 Å². The second kappa shape index (κ2) is 3.16. The zero-order valence-electron chi connectivity index (χ0n) is 7.78. The van der Waals surface area contributed by atoms with E-state index in [9.17, 15) is 4.79 Å². The molecule has 14 heavy (non-hydrogen) atoms. The topological polar surface area (TPSA) is 47.8 Å².